The molecule has 1 aromatic carbocycles. The number of nitrogen functional groups attached to an aromatic ring is 1. The lowest BCUT2D eigenvalue weighted by molar-refractivity contribution is -0.137. The molecule has 0 bridgehead atoms. The van der Waals surface area contributed by atoms with Crippen molar-refractivity contribution in [3.05, 3.63) is 53.9 Å². The lowest BCUT2D eigenvalue weighted by Crippen LogP contribution is -2.08. The molecule has 20 heavy (non-hydrogen) atoms. The zero-order chi connectivity index (χ0) is 14.6. The second kappa shape index (κ2) is 5.81. The molecule has 0 saturated heterocycles. The molecular formula is C14H13F3N2O. The molecule has 1 heterocycles. The lowest BCUT2D eigenvalue weighted by atomic mass is 10.2. The number of ether oxygens (including phenoxy) is 1. The summed E-state index contributed by atoms with van der Waals surface area (Å²) >= 11 is 0. The SMILES string of the molecule is Nc1cc(C(F)(F)F)ccc1OCCc1cccnc1. The van der Waals surface area contributed by atoms with Crippen LogP contribution in [0.5, 0.6) is 5.75 Å². The zero-order valence-electron chi connectivity index (χ0n) is 10.5. The quantitative estimate of drug-likeness (QED) is 0.875. The molecule has 0 unspecified atom stereocenters. The predicted octanol–water partition coefficient (Wildman–Crippen LogP) is 3.30. The minimum absolute atomic E-state index is 0.0222. The summed E-state index contributed by atoms with van der Waals surface area (Å²) in [4.78, 5) is 3.96. The number of halogens is 3. The molecule has 106 valence electrons. The summed E-state index contributed by atoms with van der Waals surface area (Å²) < 4.78 is 42.8. The van der Waals surface area contributed by atoms with Crippen molar-refractivity contribution >= 4 is 5.69 Å². The minimum Gasteiger partial charge on any atom is -0.491 e. The van der Waals surface area contributed by atoms with E-state index in [0.29, 0.717) is 13.0 Å². The number of aromatic nitrogens is 1. The number of alkyl halides is 3. The normalized spacial score (nSPS) is 11.3. The van der Waals surface area contributed by atoms with E-state index in [9.17, 15) is 13.2 Å². The van der Waals surface area contributed by atoms with Gasteiger partial charge in [0.05, 0.1) is 17.9 Å². The van der Waals surface area contributed by atoms with Crippen molar-refractivity contribution in [1.29, 1.82) is 0 Å². The van der Waals surface area contributed by atoms with Crippen molar-refractivity contribution in [1.82, 2.24) is 4.98 Å². The molecule has 0 aliphatic heterocycles. The summed E-state index contributed by atoms with van der Waals surface area (Å²) in [6.45, 7) is 0.321. The Balaban J connectivity index is 1.97. The number of nitrogens with zero attached hydrogens (tertiary/aromatic N) is 1. The van der Waals surface area contributed by atoms with Gasteiger partial charge in [-0.05, 0) is 29.8 Å². The average Bonchev–Trinajstić information content (AvgIpc) is 2.40. The number of hydrogen-bond acceptors (Lipinski definition) is 3. The van der Waals surface area contributed by atoms with E-state index >= 15 is 0 Å². The highest BCUT2D eigenvalue weighted by molar-refractivity contribution is 5.54. The van der Waals surface area contributed by atoms with Crippen molar-refractivity contribution in [2.45, 2.75) is 12.6 Å². The first-order valence-electron chi connectivity index (χ1n) is 5.95. The molecular weight excluding hydrogens is 269 g/mol. The van der Waals surface area contributed by atoms with Gasteiger partial charge in [-0.2, -0.15) is 13.2 Å². The summed E-state index contributed by atoms with van der Waals surface area (Å²) in [5.74, 6) is 0.252. The van der Waals surface area contributed by atoms with Gasteiger partial charge in [-0.25, -0.2) is 0 Å². The van der Waals surface area contributed by atoms with Gasteiger partial charge >= 0.3 is 6.18 Å². The summed E-state index contributed by atoms with van der Waals surface area (Å²) in [6, 6.07) is 6.77. The van der Waals surface area contributed by atoms with Crippen molar-refractivity contribution in [3.8, 4) is 5.75 Å². The van der Waals surface area contributed by atoms with Crippen LogP contribution in [-0.2, 0) is 12.6 Å². The van der Waals surface area contributed by atoms with Crippen molar-refractivity contribution in [3.63, 3.8) is 0 Å². The van der Waals surface area contributed by atoms with Crippen LogP contribution in [-0.4, -0.2) is 11.6 Å². The summed E-state index contributed by atoms with van der Waals surface area (Å²) in [5.41, 5.74) is 5.74. The number of benzene rings is 1. The number of rotatable bonds is 4. The van der Waals surface area contributed by atoms with Crippen LogP contribution < -0.4 is 10.5 Å². The molecule has 3 nitrogen and oxygen atoms in total. The van der Waals surface area contributed by atoms with Gasteiger partial charge in [0.15, 0.2) is 0 Å². The highest BCUT2D eigenvalue weighted by atomic mass is 19.4. The van der Waals surface area contributed by atoms with Gasteiger partial charge in [0.25, 0.3) is 0 Å². The van der Waals surface area contributed by atoms with Crippen LogP contribution in [0.2, 0.25) is 0 Å². The molecule has 1 aromatic heterocycles. The second-order valence-electron chi connectivity index (χ2n) is 4.21. The van der Waals surface area contributed by atoms with Gasteiger partial charge in [0.2, 0.25) is 0 Å². The summed E-state index contributed by atoms with van der Waals surface area (Å²) in [6.07, 6.45) is -0.422. The molecule has 0 atom stereocenters. The van der Waals surface area contributed by atoms with Crippen LogP contribution in [0.15, 0.2) is 42.7 Å². The molecule has 2 rings (SSSR count). The Hall–Kier alpha value is -2.24. The number of nitrogens with two attached hydrogens (primary N) is 1. The number of pyridine rings is 1. The van der Waals surface area contributed by atoms with Gasteiger partial charge in [-0.3, -0.25) is 4.98 Å². The average molecular weight is 282 g/mol. The third kappa shape index (κ3) is 3.63. The zero-order valence-corrected chi connectivity index (χ0v) is 10.5. The molecule has 0 radical (unpaired) electrons. The number of hydrogen-bond donors (Lipinski definition) is 1. The Bertz CT molecular complexity index is 570. The van der Waals surface area contributed by atoms with Gasteiger partial charge in [0.1, 0.15) is 5.75 Å². The van der Waals surface area contributed by atoms with Crippen LogP contribution >= 0.6 is 0 Å². The topological polar surface area (TPSA) is 48.1 Å². The molecule has 0 saturated carbocycles. The smallest absolute Gasteiger partial charge is 0.416 e. The van der Waals surface area contributed by atoms with Crippen LogP contribution in [0.25, 0.3) is 0 Å². The Morgan fingerprint density at radius 1 is 1.20 bits per heavy atom. The van der Waals surface area contributed by atoms with Gasteiger partial charge in [-0.1, -0.05) is 6.07 Å². The largest absolute Gasteiger partial charge is 0.491 e. The third-order valence-electron chi connectivity index (χ3n) is 2.71. The maximum absolute atomic E-state index is 12.5. The van der Waals surface area contributed by atoms with E-state index in [-0.39, 0.29) is 11.4 Å². The first kappa shape index (κ1) is 14.2. The van der Waals surface area contributed by atoms with Gasteiger partial charge in [0, 0.05) is 18.8 Å². The predicted molar refractivity (Wildman–Crippen MR) is 69.3 cm³/mol. The molecule has 0 amide bonds. The molecule has 2 N–H and O–H groups in total. The Morgan fingerprint density at radius 3 is 2.60 bits per heavy atom. The van der Waals surface area contributed by atoms with E-state index in [1.807, 2.05) is 12.1 Å². The van der Waals surface area contributed by atoms with E-state index in [0.717, 1.165) is 17.7 Å². The maximum Gasteiger partial charge on any atom is 0.416 e. The molecule has 0 spiro atoms. The first-order valence-corrected chi connectivity index (χ1v) is 5.95. The number of anilines is 1. The standard InChI is InChI=1S/C14H13F3N2O/c15-14(16,17)11-3-4-13(12(18)8-11)20-7-5-10-2-1-6-19-9-10/h1-4,6,8-9H,5,7,18H2. The Morgan fingerprint density at radius 2 is 2.00 bits per heavy atom. The van der Waals surface area contributed by atoms with Crippen molar-refractivity contribution < 1.29 is 17.9 Å². The fourth-order valence-corrected chi connectivity index (χ4v) is 1.68. The summed E-state index contributed by atoms with van der Waals surface area (Å²) in [7, 11) is 0. The summed E-state index contributed by atoms with van der Waals surface area (Å²) in [5, 5.41) is 0. The van der Waals surface area contributed by atoms with E-state index < -0.39 is 11.7 Å². The minimum atomic E-state index is -4.40. The first-order chi connectivity index (χ1) is 9.47. The van der Waals surface area contributed by atoms with Crippen LogP contribution in [0, 0.1) is 0 Å². The second-order valence-corrected chi connectivity index (χ2v) is 4.21. The van der Waals surface area contributed by atoms with Gasteiger partial charge in [-0.15, -0.1) is 0 Å². The highest BCUT2D eigenvalue weighted by Crippen LogP contribution is 2.33. The molecule has 0 fully saturated rings. The maximum atomic E-state index is 12.5. The van der Waals surface area contributed by atoms with Crippen LogP contribution in [0.3, 0.4) is 0 Å². The fourth-order valence-electron chi connectivity index (χ4n) is 1.68. The fraction of sp³-hybridized carbons (Fsp3) is 0.214. The molecule has 0 aliphatic carbocycles. The lowest BCUT2D eigenvalue weighted by Gasteiger charge is -2.12. The van der Waals surface area contributed by atoms with Crippen molar-refractivity contribution in [2.24, 2.45) is 0 Å². The monoisotopic (exact) mass is 282 g/mol. The molecule has 0 aliphatic rings. The molecule has 6 heteroatoms. The van der Waals surface area contributed by atoms with Crippen LogP contribution in [0.1, 0.15) is 11.1 Å². The van der Waals surface area contributed by atoms with Crippen LogP contribution in [0.4, 0.5) is 18.9 Å². The Labute approximate surface area is 114 Å². The highest BCUT2D eigenvalue weighted by Gasteiger charge is 2.30. The van der Waals surface area contributed by atoms with Gasteiger partial charge < -0.3 is 10.5 Å². The van der Waals surface area contributed by atoms with E-state index in [1.54, 1.807) is 12.4 Å². The third-order valence-corrected chi connectivity index (χ3v) is 2.71. The van der Waals surface area contributed by atoms with E-state index in [1.165, 1.54) is 6.07 Å². The Kier molecular flexibility index (Phi) is 4.12. The molecule has 2 aromatic rings. The van der Waals surface area contributed by atoms with E-state index in [2.05, 4.69) is 4.98 Å². The van der Waals surface area contributed by atoms with Crippen molar-refractivity contribution in [2.75, 3.05) is 12.3 Å². The van der Waals surface area contributed by atoms with E-state index in [4.69, 9.17) is 10.5 Å².